The highest BCUT2D eigenvalue weighted by molar-refractivity contribution is 6.00. The molecule has 2 fully saturated rings. The van der Waals surface area contributed by atoms with Gasteiger partial charge in [0.05, 0.1) is 0 Å². The van der Waals surface area contributed by atoms with Crippen molar-refractivity contribution in [3.05, 3.63) is 36.0 Å². The number of likely N-dealkylation sites (N-methyl/N-ethyl adjacent to an activating group) is 1. The van der Waals surface area contributed by atoms with Gasteiger partial charge in [-0.1, -0.05) is 32.0 Å². The minimum atomic E-state index is -0.686. The molecule has 6 heteroatoms. The molecule has 2 aliphatic heterocycles. The van der Waals surface area contributed by atoms with Crippen LogP contribution in [0.4, 0.5) is 0 Å². The van der Waals surface area contributed by atoms with Gasteiger partial charge in [-0.05, 0) is 43.7 Å². The first-order valence-corrected chi connectivity index (χ1v) is 11.2. The zero-order chi connectivity index (χ0) is 21.5. The molecule has 1 atom stereocenters. The zero-order valence-electron chi connectivity index (χ0n) is 18.6. The summed E-state index contributed by atoms with van der Waals surface area (Å²) in [5, 5.41) is 4.35. The number of para-hydroxylation sites is 1. The van der Waals surface area contributed by atoms with Crippen LogP contribution in [0.25, 0.3) is 10.9 Å². The van der Waals surface area contributed by atoms with Gasteiger partial charge in [0.15, 0.2) is 0 Å². The maximum atomic E-state index is 13.2. The molecule has 1 aromatic carbocycles. The number of carbonyl (C=O) groups is 2. The van der Waals surface area contributed by atoms with E-state index in [4.69, 9.17) is 0 Å². The number of nitrogens with one attached hydrogen (secondary N) is 1. The molecule has 1 spiro atoms. The number of fused-ring (bicyclic) bond motifs is 1. The van der Waals surface area contributed by atoms with Crippen LogP contribution >= 0.6 is 0 Å². The lowest BCUT2D eigenvalue weighted by Crippen LogP contribution is -2.72. The van der Waals surface area contributed by atoms with Crippen LogP contribution in [0.5, 0.6) is 0 Å². The van der Waals surface area contributed by atoms with Crippen LogP contribution < -0.4 is 5.32 Å². The summed E-state index contributed by atoms with van der Waals surface area (Å²) in [6, 6.07) is 8.10. The summed E-state index contributed by atoms with van der Waals surface area (Å²) in [6.07, 6.45) is 4.29. The molecule has 4 rings (SSSR count). The number of benzene rings is 1. The molecule has 0 saturated carbocycles. The molecule has 0 radical (unpaired) electrons. The van der Waals surface area contributed by atoms with Gasteiger partial charge >= 0.3 is 0 Å². The molecule has 0 aliphatic carbocycles. The van der Waals surface area contributed by atoms with E-state index in [9.17, 15) is 9.59 Å². The van der Waals surface area contributed by atoms with E-state index in [1.165, 1.54) is 16.5 Å². The number of aryl methyl sites for hydroxylation is 1. The third-order valence-corrected chi connectivity index (χ3v) is 6.89. The Kier molecular flexibility index (Phi) is 5.62. The number of rotatable bonds is 5. The zero-order valence-corrected chi connectivity index (χ0v) is 18.6. The highest BCUT2D eigenvalue weighted by Crippen LogP contribution is 2.34. The van der Waals surface area contributed by atoms with E-state index in [1.807, 2.05) is 11.8 Å². The van der Waals surface area contributed by atoms with Crippen LogP contribution in [0, 0.1) is 5.92 Å². The minimum absolute atomic E-state index is 0.0411. The summed E-state index contributed by atoms with van der Waals surface area (Å²) in [6.45, 7) is 9.26. The maximum absolute atomic E-state index is 13.2. The molecule has 6 nitrogen and oxygen atoms in total. The fourth-order valence-electron chi connectivity index (χ4n) is 5.34. The van der Waals surface area contributed by atoms with Gasteiger partial charge in [-0.3, -0.25) is 14.5 Å². The van der Waals surface area contributed by atoms with Gasteiger partial charge in [-0.15, -0.1) is 0 Å². The molecule has 162 valence electrons. The number of piperidine rings is 1. The Morgan fingerprint density at radius 3 is 2.53 bits per heavy atom. The van der Waals surface area contributed by atoms with Crippen LogP contribution in [0.1, 0.15) is 45.6 Å². The number of carbonyl (C=O) groups excluding carboxylic acids is 2. The summed E-state index contributed by atoms with van der Waals surface area (Å²) in [5.74, 6) is 0.502. The molecule has 2 amide bonds. The summed E-state index contributed by atoms with van der Waals surface area (Å²) < 4.78 is 2.18. The van der Waals surface area contributed by atoms with Crippen molar-refractivity contribution >= 4 is 22.7 Å². The van der Waals surface area contributed by atoms with Gasteiger partial charge in [-0.25, -0.2) is 0 Å². The molecule has 0 bridgehead atoms. The molecule has 1 aromatic heterocycles. The van der Waals surface area contributed by atoms with E-state index < -0.39 is 5.54 Å². The van der Waals surface area contributed by atoms with Crippen molar-refractivity contribution in [2.24, 2.45) is 13.0 Å². The SMILES string of the molecule is CCN1C(=O)C(CC(C)C)NC(=O)C12CCN(Cc1cn(C)c3ccccc13)CC2. The lowest BCUT2D eigenvalue weighted by Gasteiger charge is -2.51. The fraction of sp³-hybridized carbons (Fsp3) is 0.583. The Morgan fingerprint density at radius 2 is 1.87 bits per heavy atom. The Labute approximate surface area is 179 Å². The Balaban J connectivity index is 1.48. The molecule has 2 aliphatic rings. The Bertz CT molecular complexity index is 940. The van der Waals surface area contributed by atoms with Gasteiger partial charge in [-0.2, -0.15) is 0 Å². The van der Waals surface area contributed by atoms with Gasteiger partial charge in [0.2, 0.25) is 11.8 Å². The van der Waals surface area contributed by atoms with Crippen molar-refractivity contribution in [3.63, 3.8) is 0 Å². The summed E-state index contributed by atoms with van der Waals surface area (Å²) in [7, 11) is 2.09. The van der Waals surface area contributed by atoms with Crippen LogP contribution in [-0.2, 0) is 23.2 Å². The fourth-order valence-corrected chi connectivity index (χ4v) is 5.34. The smallest absolute Gasteiger partial charge is 0.246 e. The molecule has 30 heavy (non-hydrogen) atoms. The topological polar surface area (TPSA) is 57.6 Å². The van der Waals surface area contributed by atoms with Crippen LogP contribution in [0.2, 0.25) is 0 Å². The van der Waals surface area contributed by atoms with Crippen molar-refractivity contribution < 1.29 is 9.59 Å². The first-order chi connectivity index (χ1) is 14.4. The Hall–Kier alpha value is -2.34. The number of nitrogens with zero attached hydrogens (tertiary/aromatic N) is 3. The normalized spacial score (nSPS) is 22.3. The second-order valence-electron chi connectivity index (χ2n) is 9.33. The predicted octanol–water partition coefficient (Wildman–Crippen LogP) is 2.91. The van der Waals surface area contributed by atoms with Crippen LogP contribution in [-0.4, -0.2) is 57.4 Å². The third kappa shape index (κ3) is 3.51. The molecule has 2 aromatic rings. The van der Waals surface area contributed by atoms with Crippen molar-refractivity contribution in [1.29, 1.82) is 0 Å². The number of hydrogen-bond donors (Lipinski definition) is 1. The van der Waals surface area contributed by atoms with Crippen molar-refractivity contribution in [1.82, 2.24) is 19.7 Å². The lowest BCUT2D eigenvalue weighted by molar-refractivity contribution is -0.161. The quantitative estimate of drug-likeness (QED) is 0.825. The van der Waals surface area contributed by atoms with E-state index in [0.717, 1.165) is 19.6 Å². The highest BCUT2D eigenvalue weighted by Gasteiger charge is 2.52. The van der Waals surface area contributed by atoms with Crippen molar-refractivity contribution in [2.45, 2.75) is 58.2 Å². The van der Waals surface area contributed by atoms with E-state index in [0.29, 0.717) is 31.7 Å². The number of amides is 2. The first kappa shape index (κ1) is 20.9. The second kappa shape index (κ2) is 8.06. The predicted molar refractivity (Wildman–Crippen MR) is 119 cm³/mol. The lowest BCUT2D eigenvalue weighted by atomic mass is 9.81. The standard InChI is InChI=1S/C24H34N4O2/c1-5-28-22(29)20(14-17(2)3)25-23(30)24(28)10-12-27(13-11-24)16-18-15-26(4)21-9-7-6-8-19(18)21/h6-9,15,17,20H,5,10-14,16H2,1-4H3,(H,25,30). The molecule has 3 heterocycles. The average Bonchev–Trinajstić information content (AvgIpc) is 3.03. The molecule has 2 saturated heterocycles. The molecular formula is C24H34N4O2. The van der Waals surface area contributed by atoms with E-state index in [2.05, 4.69) is 66.1 Å². The van der Waals surface area contributed by atoms with Gasteiger partial charge in [0, 0.05) is 50.3 Å². The van der Waals surface area contributed by atoms with Crippen LogP contribution in [0.15, 0.2) is 30.5 Å². The number of hydrogen-bond acceptors (Lipinski definition) is 3. The van der Waals surface area contributed by atoms with Gasteiger partial charge < -0.3 is 14.8 Å². The summed E-state index contributed by atoms with van der Waals surface area (Å²) in [5.41, 5.74) is 1.87. The third-order valence-electron chi connectivity index (χ3n) is 6.89. The maximum Gasteiger partial charge on any atom is 0.246 e. The molecular weight excluding hydrogens is 376 g/mol. The second-order valence-corrected chi connectivity index (χ2v) is 9.33. The molecule has 1 unspecified atom stereocenters. The van der Waals surface area contributed by atoms with Gasteiger partial charge in [0.25, 0.3) is 0 Å². The van der Waals surface area contributed by atoms with E-state index in [1.54, 1.807) is 0 Å². The van der Waals surface area contributed by atoms with Gasteiger partial charge in [0.1, 0.15) is 11.6 Å². The number of likely N-dealkylation sites (tertiary alicyclic amines) is 1. The van der Waals surface area contributed by atoms with Crippen molar-refractivity contribution in [3.8, 4) is 0 Å². The van der Waals surface area contributed by atoms with E-state index in [-0.39, 0.29) is 17.9 Å². The van der Waals surface area contributed by atoms with E-state index >= 15 is 0 Å². The largest absolute Gasteiger partial charge is 0.350 e. The first-order valence-electron chi connectivity index (χ1n) is 11.2. The summed E-state index contributed by atoms with van der Waals surface area (Å²) >= 11 is 0. The molecule has 1 N–H and O–H groups in total. The van der Waals surface area contributed by atoms with Crippen LogP contribution in [0.3, 0.4) is 0 Å². The number of aromatic nitrogens is 1. The van der Waals surface area contributed by atoms with Crippen molar-refractivity contribution in [2.75, 3.05) is 19.6 Å². The highest BCUT2D eigenvalue weighted by atomic mass is 16.2. The average molecular weight is 411 g/mol. The monoisotopic (exact) mass is 410 g/mol. The Morgan fingerprint density at radius 1 is 1.17 bits per heavy atom. The minimum Gasteiger partial charge on any atom is -0.350 e. The summed E-state index contributed by atoms with van der Waals surface area (Å²) in [4.78, 5) is 30.6. The number of piperazine rings is 1.